The molecule has 0 aliphatic carbocycles. The van der Waals surface area contributed by atoms with Gasteiger partial charge in [0, 0.05) is 11.3 Å². The number of amides is 1. The van der Waals surface area contributed by atoms with Crippen molar-refractivity contribution in [3.05, 3.63) is 58.8 Å². The average molecular weight is 254 g/mol. The van der Waals surface area contributed by atoms with Crippen molar-refractivity contribution in [3.8, 4) is 6.07 Å². The maximum atomic E-state index is 12.0. The maximum Gasteiger partial charge on any atom is 0.255 e. The summed E-state index contributed by atoms with van der Waals surface area (Å²) in [6, 6.07) is 8.70. The molecule has 98 valence electrons. The van der Waals surface area contributed by atoms with E-state index < -0.39 is 0 Å². The van der Waals surface area contributed by atoms with E-state index in [2.05, 4.69) is 5.32 Å². The van der Waals surface area contributed by atoms with Crippen LogP contribution in [0.2, 0.25) is 0 Å². The minimum absolute atomic E-state index is 0.188. The van der Waals surface area contributed by atoms with Gasteiger partial charge in [0.05, 0.1) is 11.6 Å². The van der Waals surface area contributed by atoms with Crippen molar-refractivity contribution in [2.45, 2.75) is 27.2 Å². The van der Waals surface area contributed by atoms with Crippen LogP contribution >= 0.6 is 0 Å². The zero-order valence-electron chi connectivity index (χ0n) is 11.5. The fourth-order valence-corrected chi connectivity index (χ4v) is 1.46. The molecule has 1 aromatic carbocycles. The third kappa shape index (κ3) is 4.81. The van der Waals surface area contributed by atoms with Gasteiger partial charge in [0.2, 0.25) is 0 Å². The Kier molecular flexibility index (Phi) is 5.56. The van der Waals surface area contributed by atoms with Gasteiger partial charge in [-0.15, -0.1) is 0 Å². The van der Waals surface area contributed by atoms with E-state index in [1.165, 1.54) is 5.57 Å². The Morgan fingerprint density at radius 2 is 2.11 bits per heavy atom. The van der Waals surface area contributed by atoms with Crippen molar-refractivity contribution in [3.63, 3.8) is 0 Å². The van der Waals surface area contributed by atoms with Crippen LogP contribution < -0.4 is 5.32 Å². The molecule has 3 heteroatoms. The van der Waals surface area contributed by atoms with Crippen LogP contribution in [0.1, 0.15) is 43.1 Å². The number of nitriles is 1. The predicted molar refractivity (Wildman–Crippen MR) is 76.4 cm³/mol. The van der Waals surface area contributed by atoms with E-state index in [0.717, 1.165) is 12.1 Å². The van der Waals surface area contributed by atoms with Gasteiger partial charge < -0.3 is 5.32 Å². The molecule has 1 amide bonds. The fraction of sp³-hybridized carbons (Fsp3) is 0.250. The smallest absolute Gasteiger partial charge is 0.255 e. The molecular weight excluding hydrogens is 236 g/mol. The van der Waals surface area contributed by atoms with Gasteiger partial charge in [-0.2, -0.15) is 5.26 Å². The molecule has 0 unspecified atom stereocenters. The van der Waals surface area contributed by atoms with Gasteiger partial charge in [-0.3, -0.25) is 4.79 Å². The van der Waals surface area contributed by atoms with Crippen molar-refractivity contribution in [1.82, 2.24) is 5.32 Å². The van der Waals surface area contributed by atoms with Gasteiger partial charge >= 0.3 is 0 Å². The lowest BCUT2D eigenvalue weighted by Crippen LogP contribution is -2.22. The highest BCUT2D eigenvalue weighted by molar-refractivity contribution is 5.95. The molecule has 0 aliphatic rings. The Balaban J connectivity index is 2.86. The van der Waals surface area contributed by atoms with Crippen LogP contribution in [0.15, 0.2) is 47.7 Å². The lowest BCUT2D eigenvalue weighted by molar-refractivity contribution is 0.0965. The standard InChI is InChI=1S/C16H18N2O/c1-4-15(9-8-12(2)3)18-16(19)14-7-5-6-13(10-14)11-17/h5-10H,4H2,1-3H3,(H,18,19)/b15-9+. The van der Waals surface area contributed by atoms with Gasteiger partial charge in [0.25, 0.3) is 5.91 Å². The van der Waals surface area contributed by atoms with E-state index in [1.54, 1.807) is 24.3 Å². The minimum atomic E-state index is -0.188. The second kappa shape index (κ2) is 7.17. The Morgan fingerprint density at radius 3 is 2.68 bits per heavy atom. The summed E-state index contributed by atoms with van der Waals surface area (Å²) in [6.07, 6.45) is 4.61. The van der Waals surface area contributed by atoms with Crippen molar-refractivity contribution in [1.29, 1.82) is 5.26 Å². The number of hydrogen-bond acceptors (Lipinski definition) is 2. The molecule has 0 atom stereocenters. The van der Waals surface area contributed by atoms with Crippen LogP contribution in [-0.2, 0) is 0 Å². The number of carbonyl (C=O) groups excluding carboxylic acids is 1. The van der Waals surface area contributed by atoms with E-state index in [4.69, 9.17) is 5.26 Å². The van der Waals surface area contributed by atoms with E-state index in [-0.39, 0.29) is 5.91 Å². The van der Waals surface area contributed by atoms with E-state index in [1.807, 2.05) is 39.0 Å². The lowest BCUT2D eigenvalue weighted by Gasteiger charge is -2.07. The van der Waals surface area contributed by atoms with Gasteiger partial charge in [0.1, 0.15) is 0 Å². The number of benzene rings is 1. The van der Waals surface area contributed by atoms with Crippen LogP contribution in [0.4, 0.5) is 0 Å². The number of nitrogens with zero attached hydrogens (tertiary/aromatic N) is 1. The van der Waals surface area contributed by atoms with Crippen molar-refractivity contribution in [2.24, 2.45) is 0 Å². The molecule has 0 bridgehead atoms. The molecule has 0 heterocycles. The van der Waals surface area contributed by atoms with Crippen molar-refractivity contribution < 1.29 is 4.79 Å². The highest BCUT2D eigenvalue weighted by atomic mass is 16.1. The van der Waals surface area contributed by atoms with Gasteiger partial charge in [-0.05, 0) is 44.5 Å². The summed E-state index contributed by atoms with van der Waals surface area (Å²) in [4.78, 5) is 12.0. The van der Waals surface area contributed by atoms with Crippen LogP contribution in [0, 0.1) is 11.3 Å². The van der Waals surface area contributed by atoms with Crippen molar-refractivity contribution in [2.75, 3.05) is 0 Å². The first-order valence-corrected chi connectivity index (χ1v) is 6.22. The summed E-state index contributed by atoms with van der Waals surface area (Å²) in [5, 5.41) is 11.7. The molecule has 1 N–H and O–H groups in total. The molecule has 0 saturated carbocycles. The minimum Gasteiger partial charge on any atom is -0.326 e. The topological polar surface area (TPSA) is 52.9 Å². The highest BCUT2D eigenvalue weighted by Crippen LogP contribution is 2.06. The Labute approximate surface area is 114 Å². The summed E-state index contributed by atoms with van der Waals surface area (Å²) >= 11 is 0. The Morgan fingerprint density at radius 1 is 1.37 bits per heavy atom. The molecule has 0 aromatic heterocycles. The summed E-state index contributed by atoms with van der Waals surface area (Å²) in [6.45, 7) is 5.99. The number of hydrogen-bond donors (Lipinski definition) is 1. The van der Waals surface area contributed by atoms with E-state index in [0.29, 0.717) is 11.1 Å². The van der Waals surface area contributed by atoms with Crippen LogP contribution in [0.3, 0.4) is 0 Å². The molecular formula is C16H18N2O. The second-order valence-electron chi connectivity index (χ2n) is 4.44. The number of carbonyl (C=O) groups is 1. The molecule has 0 spiro atoms. The predicted octanol–water partition coefficient (Wildman–Crippen LogP) is 3.55. The molecule has 0 aliphatic heterocycles. The number of allylic oxidation sites excluding steroid dienone is 4. The van der Waals surface area contributed by atoms with E-state index >= 15 is 0 Å². The lowest BCUT2D eigenvalue weighted by atomic mass is 10.1. The summed E-state index contributed by atoms with van der Waals surface area (Å²) in [7, 11) is 0. The molecule has 3 nitrogen and oxygen atoms in total. The molecule has 0 saturated heterocycles. The fourth-order valence-electron chi connectivity index (χ4n) is 1.46. The molecule has 0 fully saturated rings. The third-order valence-corrected chi connectivity index (χ3v) is 2.53. The number of nitrogens with one attached hydrogen (secondary N) is 1. The molecule has 19 heavy (non-hydrogen) atoms. The highest BCUT2D eigenvalue weighted by Gasteiger charge is 2.07. The van der Waals surface area contributed by atoms with Crippen LogP contribution in [-0.4, -0.2) is 5.91 Å². The second-order valence-corrected chi connectivity index (χ2v) is 4.44. The van der Waals surface area contributed by atoms with E-state index in [9.17, 15) is 4.79 Å². The first-order valence-electron chi connectivity index (χ1n) is 6.22. The molecule has 1 aromatic rings. The van der Waals surface area contributed by atoms with Gasteiger partial charge in [-0.25, -0.2) is 0 Å². The Hall–Kier alpha value is -2.34. The number of rotatable bonds is 4. The maximum absolute atomic E-state index is 12.0. The van der Waals surface area contributed by atoms with Crippen LogP contribution in [0.5, 0.6) is 0 Å². The first kappa shape index (κ1) is 14.7. The van der Waals surface area contributed by atoms with Gasteiger partial charge in [0.15, 0.2) is 0 Å². The zero-order valence-corrected chi connectivity index (χ0v) is 11.5. The van der Waals surface area contributed by atoms with Crippen molar-refractivity contribution >= 4 is 5.91 Å². The third-order valence-electron chi connectivity index (χ3n) is 2.53. The largest absolute Gasteiger partial charge is 0.326 e. The first-order chi connectivity index (χ1) is 9.06. The summed E-state index contributed by atoms with van der Waals surface area (Å²) in [5.41, 5.74) is 3.01. The monoisotopic (exact) mass is 254 g/mol. The Bertz CT molecular complexity index is 558. The van der Waals surface area contributed by atoms with Crippen LogP contribution in [0.25, 0.3) is 0 Å². The quantitative estimate of drug-likeness (QED) is 0.835. The normalized spacial score (nSPS) is 10.5. The average Bonchev–Trinajstić information content (AvgIpc) is 2.43. The zero-order chi connectivity index (χ0) is 14.3. The summed E-state index contributed by atoms with van der Waals surface area (Å²) in [5.74, 6) is -0.188. The summed E-state index contributed by atoms with van der Waals surface area (Å²) < 4.78 is 0. The molecule has 0 radical (unpaired) electrons. The SMILES string of the molecule is CC/C(=C\C=C(C)C)NC(=O)c1cccc(C#N)c1. The van der Waals surface area contributed by atoms with Gasteiger partial charge in [-0.1, -0.05) is 24.6 Å². The molecule has 1 rings (SSSR count).